The molecule has 1 aromatic carbocycles. The predicted octanol–water partition coefficient (Wildman–Crippen LogP) is 2.71. The first-order valence-electron chi connectivity index (χ1n) is 8.01. The highest BCUT2D eigenvalue weighted by Gasteiger charge is 2.42. The van der Waals surface area contributed by atoms with Gasteiger partial charge in [-0.15, -0.1) is 0 Å². The van der Waals surface area contributed by atoms with Crippen molar-refractivity contribution in [1.82, 2.24) is 4.90 Å². The van der Waals surface area contributed by atoms with Crippen LogP contribution in [0.4, 0.5) is 20.6 Å². The molecule has 2 atom stereocenters. The highest BCUT2D eigenvalue weighted by molar-refractivity contribution is 5.68. The molecule has 0 aromatic heterocycles. The normalized spacial score (nSPS) is 24.0. The van der Waals surface area contributed by atoms with Gasteiger partial charge in [-0.25, -0.2) is 9.18 Å². The van der Waals surface area contributed by atoms with Crippen LogP contribution >= 0.6 is 0 Å². The minimum atomic E-state index is -0.470. The summed E-state index contributed by atoms with van der Waals surface area (Å²) in [6.07, 6.45) is -0.239. The van der Waals surface area contributed by atoms with Crippen molar-refractivity contribution >= 4 is 17.5 Å². The van der Waals surface area contributed by atoms with E-state index in [1.165, 1.54) is 6.07 Å². The molecule has 0 aliphatic carbocycles. The maximum Gasteiger partial charge on any atom is 0.410 e. The number of carbonyl (C=O) groups is 1. The van der Waals surface area contributed by atoms with E-state index in [1.807, 2.05) is 26.8 Å². The van der Waals surface area contributed by atoms with Gasteiger partial charge < -0.3 is 20.3 Å². The number of nitrogens with zero attached hydrogens (tertiary/aromatic N) is 2. The lowest BCUT2D eigenvalue weighted by molar-refractivity contribution is 0.0282. The van der Waals surface area contributed by atoms with Gasteiger partial charge in [0.25, 0.3) is 0 Å². The predicted molar refractivity (Wildman–Crippen MR) is 87.8 cm³/mol. The number of ether oxygens (including phenoxy) is 1. The number of rotatable bonds is 1. The Morgan fingerprint density at radius 1 is 1.22 bits per heavy atom. The van der Waals surface area contributed by atoms with Crippen molar-refractivity contribution in [3.8, 4) is 0 Å². The van der Waals surface area contributed by atoms with E-state index in [2.05, 4.69) is 4.90 Å². The van der Waals surface area contributed by atoms with Crippen LogP contribution < -0.4 is 10.6 Å². The van der Waals surface area contributed by atoms with E-state index in [-0.39, 0.29) is 17.6 Å². The molecule has 1 amide bonds. The first-order valence-corrected chi connectivity index (χ1v) is 8.01. The highest BCUT2D eigenvalue weighted by atomic mass is 19.1. The molecule has 5 nitrogen and oxygen atoms in total. The fourth-order valence-electron chi connectivity index (χ4n) is 3.39. The third kappa shape index (κ3) is 3.35. The van der Waals surface area contributed by atoms with E-state index in [0.29, 0.717) is 24.9 Å². The van der Waals surface area contributed by atoms with Gasteiger partial charge in [-0.1, -0.05) is 0 Å². The van der Waals surface area contributed by atoms with Gasteiger partial charge in [-0.2, -0.15) is 0 Å². The fourth-order valence-corrected chi connectivity index (χ4v) is 3.39. The van der Waals surface area contributed by atoms with Crippen LogP contribution in [-0.4, -0.2) is 42.8 Å². The monoisotopic (exact) mass is 321 g/mol. The summed E-state index contributed by atoms with van der Waals surface area (Å²) in [5.74, 6) is 0.432. The minimum absolute atomic E-state index is 0.171. The summed E-state index contributed by atoms with van der Waals surface area (Å²) in [5, 5.41) is 0. The Balaban J connectivity index is 1.61. The average Bonchev–Trinajstić information content (AvgIpc) is 2.98. The molecule has 6 heteroatoms. The zero-order valence-electron chi connectivity index (χ0n) is 13.9. The molecule has 126 valence electrons. The van der Waals surface area contributed by atoms with Crippen LogP contribution in [0, 0.1) is 17.7 Å². The largest absolute Gasteiger partial charge is 0.444 e. The second-order valence-corrected chi connectivity index (χ2v) is 7.52. The zero-order valence-corrected chi connectivity index (χ0v) is 13.9. The van der Waals surface area contributed by atoms with Crippen LogP contribution in [0.15, 0.2) is 18.2 Å². The Labute approximate surface area is 136 Å². The molecule has 0 bridgehead atoms. The SMILES string of the molecule is CC(C)(C)OC(=O)N1CC2CN(c3ccc(N)c(F)c3)CC2C1. The zero-order chi connectivity index (χ0) is 16.8. The summed E-state index contributed by atoms with van der Waals surface area (Å²) in [5.41, 5.74) is 6.09. The summed E-state index contributed by atoms with van der Waals surface area (Å²) < 4.78 is 19.1. The van der Waals surface area contributed by atoms with Crippen LogP contribution in [0.2, 0.25) is 0 Å². The van der Waals surface area contributed by atoms with E-state index in [0.717, 1.165) is 18.8 Å². The quantitative estimate of drug-likeness (QED) is 0.808. The number of nitrogen functional groups attached to an aromatic ring is 1. The lowest BCUT2D eigenvalue weighted by atomic mass is 10.0. The highest BCUT2D eigenvalue weighted by Crippen LogP contribution is 2.35. The molecule has 2 saturated heterocycles. The first-order chi connectivity index (χ1) is 10.7. The molecule has 1 aromatic rings. The number of nitrogens with two attached hydrogens (primary N) is 1. The van der Waals surface area contributed by atoms with Crippen molar-refractivity contribution in [3.63, 3.8) is 0 Å². The maximum atomic E-state index is 13.6. The topological polar surface area (TPSA) is 58.8 Å². The summed E-state index contributed by atoms with van der Waals surface area (Å²) in [7, 11) is 0. The van der Waals surface area contributed by atoms with Crippen molar-refractivity contribution in [2.45, 2.75) is 26.4 Å². The van der Waals surface area contributed by atoms with Crippen molar-refractivity contribution in [3.05, 3.63) is 24.0 Å². The minimum Gasteiger partial charge on any atom is -0.444 e. The third-order valence-electron chi connectivity index (χ3n) is 4.49. The number of hydrogen-bond donors (Lipinski definition) is 1. The Kier molecular flexibility index (Phi) is 3.86. The number of carbonyl (C=O) groups excluding carboxylic acids is 1. The molecule has 3 rings (SSSR count). The van der Waals surface area contributed by atoms with Gasteiger partial charge in [0.05, 0.1) is 5.69 Å². The smallest absolute Gasteiger partial charge is 0.410 e. The van der Waals surface area contributed by atoms with Crippen molar-refractivity contribution in [2.75, 3.05) is 36.8 Å². The van der Waals surface area contributed by atoms with Gasteiger partial charge in [-0.3, -0.25) is 0 Å². The molecule has 0 radical (unpaired) electrons. The maximum absolute atomic E-state index is 13.6. The second-order valence-electron chi connectivity index (χ2n) is 7.52. The van der Waals surface area contributed by atoms with E-state index >= 15 is 0 Å². The molecule has 0 spiro atoms. The van der Waals surface area contributed by atoms with E-state index in [4.69, 9.17) is 10.5 Å². The lowest BCUT2D eigenvalue weighted by Gasteiger charge is -2.26. The van der Waals surface area contributed by atoms with Crippen molar-refractivity contribution in [2.24, 2.45) is 11.8 Å². The molecule has 2 heterocycles. The standard InChI is InChI=1S/C17H24FN3O2/c1-17(2,3)23-16(22)21-9-11-7-20(8-12(11)10-21)13-4-5-15(19)14(18)6-13/h4-6,11-12H,7-10,19H2,1-3H3. The van der Waals surface area contributed by atoms with Crippen molar-refractivity contribution in [1.29, 1.82) is 0 Å². The number of anilines is 2. The van der Waals surface area contributed by atoms with Gasteiger partial charge >= 0.3 is 6.09 Å². The van der Waals surface area contributed by atoms with Crippen LogP contribution in [-0.2, 0) is 4.74 Å². The van der Waals surface area contributed by atoms with Gasteiger partial charge in [-0.05, 0) is 39.0 Å². The number of hydrogen-bond acceptors (Lipinski definition) is 4. The molecule has 0 saturated carbocycles. The van der Waals surface area contributed by atoms with Gasteiger partial charge in [0.2, 0.25) is 0 Å². The third-order valence-corrected chi connectivity index (χ3v) is 4.49. The Bertz CT molecular complexity index is 600. The molecule has 2 N–H and O–H groups in total. The molecular weight excluding hydrogens is 297 g/mol. The number of likely N-dealkylation sites (tertiary alicyclic amines) is 1. The van der Waals surface area contributed by atoms with Crippen LogP contribution in [0.25, 0.3) is 0 Å². The Morgan fingerprint density at radius 3 is 2.35 bits per heavy atom. The average molecular weight is 321 g/mol. The Morgan fingerprint density at radius 2 is 1.83 bits per heavy atom. The fraction of sp³-hybridized carbons (Fsp3) is 0.588. The molecular formula is C17H24FN3O2. The van der Waals surface area contributed by atoms with Crippen LogP contribution in [0.3, 0.4) is 0 Å². The lowest BCUT2D eigenvalue weighted by Crippen LogP contribution is -2.37. The van der Waals surface area contributed by atoms with E-state index in [1.54, 1.807) is 11.0 Å². The van der Waals surface area contributed by atoms with E-state index in [9.17, 15) is 9.18 Å². The van der Waals surface area contributed by atoms with Crippen molar-refractivity contribution < 1.29 is 13.9 Å². The molecule has 2 aliphatic heterocycles. The number of fused-ring (bicyclic) bond motifs is 1. The molecule has 2 aliphatic rings. The Hall–Kier alpha value is -1.98. The molecule has 23 heavy (non-hydrogen) atoms. The summed E-state index contributed by atoms with van der Waals surface area (Å²) >= 11 is 0. The first kappa shape index (κ1) is 15.9. The van der Waals surface area contributed by atoms with E-state index < -0.39 is 5.60 Å². The summed E-state index contributed by atoms with van der Waals surface area (Å²) in [6, 6.07) is 4.94. The second kappa shape index (κ2) is 5.58. The summed E-state index contributed by atoms with van der Waals surface area (Å²) in [4.78, 5) is 16.1. The number of benzene rings is 1. The summed E-state index contributed by atoms with van der Waals surface area (Å²) in [6.45, 7) is 8.68. The van der Waals surface area contributed by atoms with Crippen LogP contribution in [0.1, 0.15) is 20.8 Å². The van der Waals surface area contributed by atoms with Gasteiger partial charge in [0.1, 0.15) is 11.4 Å². The van der Waals surface area contributed by atoms with Gasteiger partial charge in [0, 0.05) is 43.7 Å². The van der Waals surface area contributed by atoms with Crippen LogP contribution in [0.5, 0.6) is 0 Å². The number of amides is 1. The number of halogens is 1. The van der Waals surface area contributed by atoms with Gasteiger partial charge in [0.15, 0.2) is 0 Å². The molecule has 2 fully saturated rings. The molecule has 2 unspecified atom stereocenters.